The van der Waals surface area contributed by atoms with E-state index < -0.39 is 0 Å². The van der Waals surface area contributed by atoms with E-state index in [1.54, 1.807) is 0 Å². The van der Waals surface area contributed by atoms with Gasteiger partial charge in [0.05, 0.1) is 11.9 Å². The number of hydrogen-bond acceptors (Lipinski definition) is 3. The molecule has 0 aliphatic carbocycles. The van der Waals surface area contributed by atoms with Gasteiger partial charge in [-0.2, -0.15) is 5.10 Å². The number of piperidine rings is 1. The number of likely N-dealkylation sites (tertiary alicyclic amines) is 1. The lowest BCUT2D eigenvalue weighted by atomic mass is 10.0. The highest BCUT2D eigenvalue weighted by atomic mass is 15.3. The van der Waals surface area contributed by atoms with Crippen LogP contribution >= 0.6 is 0 Å². The Bertz CT molecular complexity index is 561. The zero-order valence-electron chi connectivity index (χ0n) is 12.9. The number of likely N-dealkylation sites (N-methyl/N-ethyl adjacent to an activating group) is 1. The number of hydrogen-bond donors (Lipinski definition) is 0. The Morgan fingerprint density at radius 1 is 1.24 bits per heavy atom. The zero-order valence-corrected chi connectivity index (χ0v) is 12.9. The molecule has 2 heterocycles. The molecule has 4 heteroatoms. The molecular formula is C17H24N4. The third-order valence-electron chi connectivity index (χ3n) is 4.27. The summed E-state index contributed by atoms with van der Waals surface area (Å²) in [6.07, 6.45) is 6.74. The minimum atomic E-state index is 0.683. The molecule has 1 atom stereocenters. The lowest BCUT2D eigenvalue weighted by Gasteiger charge is -2.35. The summed E-state index contributed by atoms with van der Waals surface area (Å²) >= 11 is 0. The fraction of sp³-hybridized carbons (Fsp3) is 0.471. The molecule has 1 aromatic heterocycles. The van der Waals surface area contributed by atoms with Crippen molar-refractivity contribution in [1.29, 1.82) is 0 Å². The quantitative estimate of drug-likeness (QED) is 0.861. The van der Waals surface area contributed by atoms with Gasteiger partial charge in [0.15, 0.2) is 0 Å². The SMILES string of the molecule is CN(C)C1CCCN(Cc2cnn(-c3ccccc3)c2)C1. The Morgan fingerprint density at radius 3 is 2.81 bits per heavy atom. The van der Waals surface area contributed by atoms with Crippen molar-refractivity contribution in [2.45, 2.75) is 25.4 Å². The molecule has 1 unspecified atom stereocenters. The van der Waals surface area contributed by atoms with E-state index in [0.29, 0.717) is 6.04 Å². The summed E-state index contributed by atoms with van der Waals surface area (Å²) in [6, 6.07) is 11.0. The van der Waals surface area contributed by atoms with Gasteiger partial charge >= 0.3 is 0 Å². The van der Waals surface area contributed by atoms with Crippen LogP contribution in [0.2, 0.25) is 0 Å². The lowest BCUT2D eigenvalue weighted by molar-refractivity contribution is 0.128. The van der Waals surface area contributed by atoms with Crippen molar-refractivity contribution in [1.82, 2.24) is 19.6 Å². The molecule has 0 radical (unpaired) electrons. The van der Waals surface area contributed by atoms with Crippen molar-refractivity contribution < 1.29 is 0 Å². The molecule has 1 fully saturated rings. The molecule has 1 aliphatic rings. The van der Waals surface area contributed by atoms with E-state index in [1.165, 1.54) is 24.9 Å². The fourth-order valence-corrected chi connectivity index (χ4v) is 3.02. The summed E-state index contributed by atoms with van der Waals surface area (Å²) in [4.78, 5) is 4.89. The lowest BCUT2D eigenvalue weighted by Crippen LogP contribution is -2.44. The maximum absolute atomic E-state index is 4.49. The molecular weight excluding hydrogens is 260 g/mol. The predicted molar refractivity (Wildman–Crippen MR) is 85.6 cm³/mol. The zero-order chi connectivity index (χ0) is 14.7. The standard InChI is InChI=1S/C17H24N4/c1-19(2)17-9-6-10-20(14-17)12-15-11-18-21(13-15)16-7-4-3-5-8-16/h3-5,7-8,11,13,17H,6,9-10,12,14H2,1-2H3. The normalized spacial score (nSPS) is 20.0. The Hall–Kier alpha value is -1.65. The minimum absolute atomic E-state index is 0.683. The summed E-state index contributed by atoms with van der Waals surface area (Å²) in [5, 5.41) is 4.49. The van der Waals surface area contributed by atoms with Gasteiger partial charge in [-0.05, 0) is 45.6 Å². The number of benzene rings is 1. The molecule has 1 saturated heterocycles. The van der Waals surface area contributed by atoms with E-state index in [9.17, 15) is 0 Å². The maximum Gasteiger partial charge on any atom is 0.0645 e. The Kier molecular flexibility index (Phi) is 4.36. The van der Waals surface area contributed by atoms with Gasteiger partial charge in [-0.3, -0.25) is 4.90 Å². The molecule has 3 rings (SSSR count). The van der Waals surface area contributed by atoms with Crippen molar-refractivity contribution in [3.8, 4) is 5.69 Å². The van der Waals surface area contributed by atoms with Gasteiger partial charge < -0.3 is 4.90 Å². The largest absolute Gasteiger partial charge is 0.305 e. The molecule has 0 N–H and O–H groups in total. The van der Waals surface area contributed by atoms with Crippen molar-refractivity contribution in [3.63, 3.8) is 0 Å². The van der Waals surface area contributed by atoms with E-state index in [0.717, 1.165) is 18.8 Å². The molecule has 0 saturated carbocycles. The van der Waals surface area contributed by atoms with Crippen LogP contribution < -0.4 is 0 Å². The third kappa shape index (κ3) is 3.52. The third-order valence-corrected chi connectivity index (χ3v) is 4.27. The Labute approximate surface area is 127 Å². The maximum atomic E-state index is 4.49. The summed E-state index contributed by atoms with van der Waals surface area (Å²) < 4.78 is 1.96. The van der Waals surface area contributed by atoms with Gasteiger partial charge in [0.2, 0.25) is 0 Å². The van der Waals surface area contributed by atoms with Crippen LogP contribution in [0.25, 0.3) is 5.69 Å². The van der Waals surface area contributed by atoms with Crippen LogP contribution in [0.5, 0.6) is 0 Å². The van der Waals surface area contributed by atoms with E-state index in [1.807, 2.05) is 29.1 Å². The first-order chi connectivity index (χ1) is 10.2. The van der Waals surface area contributed by atoms with E-state index in [-0.39, 0.29) is 0 Å². The van der Waals surface area contributed by atoms with E-state index in [4.69, 9.17) is 0 Å². The second kappa shape index (κ2) is 6.41. The second-order valence-electron chi connectivity index (χ2n) is 6.12. The molecule has 4 nitrogen and oxygen atoms in total. The van der Waals surface area contributed by atoms with E-state index in [2.05, 4.69) is 47.3 Å². The molecule has 0 bridgehead atoms. The number of rotatable bonds is 4. The highest BCUT2D eigenvalue weighted by molar-refractivity contribution is 5.30. The van der Waals surface area contributed by atoms with Gasteiger partial charge in [0.1, 0.15) is 0 Å². The van der Waals surface area contributed by atoms with Crippen LogP contribution in [0.1, 0.15) is 18.4 Å². The van der Waals surface area contributed by atoms with Crippen LogP contribution in [0.4, 0.5) is 0 Å². The Morgan fingerprint density at radius 2 is 2.05 bits per heavy atom. The topological polar surface area (TPSA) is 24.3 Å². The molecule has 1 aromatic carbocycles. The number of nitrogens with zero attached hydrogens (tertiary/aromatic N) is 4. The highest BCUT2D eigenvalue weighted by Crippen LogP contribution is 2.17. The van der Waals surface area contributed by atoms with Gasteiger partial charge in [0, 0.05) is 30.9 Å². The predicted octanol–water partition coefficient (Wildman–Crippen LogP) is 2.40. The van der Waals surface area contributed by atoms with Crippen LogP contribution in [0.15, 0.2) is 42.7 Å². The van der Waals surface area contributed by atoms with Gasteiger partial charge in [-0.25, -0.2) is 4.68 Å². The molecule has 0 amide bonds. The van der Waals surface area contributed by atoms with Crippen molar-refractivity contribution in [2.24, 2.45) is 0 Å². The van der Waals surface area contributed by atoms with Crippen molar-refractivity contribution in [2.75, 3.05) is 27.2 Å². The van der Waals surface area contributed by atoms with Crippen LogP contribution in [0.3, 0.4) is 0 Å². The van der Waals surface area contributed by atoms with Crippen molar-refractivity contribution >= 4 is 0 Å². The number of aromatic nitrogens is 2. The second-order valence-corrected chi connectivity index (χ2v) is 6.12. The van der Waals surface area contributed by atoms with Crippen LogP contribution in [0, 0.1) is 0 Å². The van der Waals surface area contributed by atoms with Crippen molar-refractivity contribution in [3.05, 3.63) is 48.3 Å². The van der Waals surface area contributed by atoms with Crippen LogP contribution in [-0.2, 0) is 6.54 Å². The minimum Gasteiger partial charge on any atom is -0.305 e. The average Bonchev–Trinajstić information content (AvgIpc) is 2.97. The summed E-state index contributed by atoms with van der Waals surface area (Å²) in [5.41, 5.74) is 2.41. The van der Waals surface area contributed by atoms with Gasteiger partial charge in [-0.1, -0.05) is 18.2 Å². The van der Waals surface area contributed by atoms with E-state index >= 15 is 0 Å². The van der Waals surface area contributed by atoms with Gasteiger partial charge in [-0.15, -0.1) is 0 Å². The summed E-state index contributed by atoms with van der Waals surface area (Å²) in [7, 11) is 4.36. The van der Waals surface area contributed by atoms with Crippen LogP contribution in [-0.4, -0.2) is 52.8 Å². The summed E-state index contributed by atoms with van der Waals surface area (Å²) in [6.45, 7) is 3.35. The van der Waals surface area contributed by atoms with Gasteiger partial charge in [0.25, 0.3) is 0 Å². The number of para-hydroxylation sites is 1. The molecule has 2 aromatic rings. The Balaban J connectivity index is 1.65. The highest BCUT2D eigenvalue weighted by Gasteiger charge is 2.21. The monoisotopic (exact) mass is 284 g/mol. The molecule has 112 valence electrons. The molecule has 21 heavy (non-hydrogen) atoms. The first kappa shape index (κ1) is 14.3. The smallest absolute Gasteiger partial charge is 0.0645 e. The molecule has 0 spiro atoms. The molecule has 1 aliphatic heterocycles. The first-order valence-electron chi connectivity index (χ1n) is 7.70. The fourth-order valence-electron chi connectivity index (χ4n) is 3.02. The average molecular weight is 284 g/mol. The summed E-state index contributed by atoms with van der Waals surface area (Å²) in [5.74, 6) is 0. The first-order valence-corrected chi connectivity index (χ1v) is 7.70.